The number of hydrogen-bond donors (Lipinski definition) is 3. The molecule has 0 saturated heterocycles. The van der Waals surface area contributed by atoms with Crippen LogP contribution in [-0.4, -0.2) is 21.8 Å². The van der Waals surface area contributed by atoms with E-state index in [1.54, 1.807) is 6.92 Å². The van der Waals surface area contributed by atoms with E-state index >= 15 is 0 Å². The molecule has 2 aromatic rings. The minimum Gasteiger partial charge on any atom is -0.507 e. The normalized spacial score (nSPS) is 19.2. The first-order valence-corrected chi connectivity index (χ1v) is 8.19. The van der Waals surface area contributed by atoms with Gasteiger partial charge >= 0.3 is 0 Å². The molecule has 1 amide bonds. The molecule has 0 bridgehead atoms. The monoisotopic (exact) mass is 346 g/mol. The first-order valence-electron chi connectivity index (χ1n) is 8.19. The Labute approximate surface area is 145 Å². The molecule has 0 radical (unpaired) electrons. The van der Waals surface area contributed by atoms with Crippen molar-refractivity contribution >= 4 is 5.91 Å². The summed E-state index contributed by atoms with van der Waals surface area (Å²) in [5.41, 5.74) is 1.98. The predicted molar refractivity (Wildman–Crippen MR) is 90.8 cm³/mol. The molecule has 0 aliphatic carbocycles. The summed E-state index contributed by atoms with van der Waals surface area (Å²) in [4.78, 5) is 23.7. The van der Waals surface area contributed by atoms with Gasteiger partial charge in [0, 0.05) is 18.1 Å². The largest absolute Gasteiger partial charge is 0.507 e. The van der Waals surface area contributed by atoms with Gasteiger partial charge in [0.15, 0.2) is 11.4 Å². The van der Waals surface area contributed by atoms with Crippen molar-refractivity contribution in [3.63, 3.8) is 0 Å². The number of amides is 1. The Morgan fingerprint density at radius 2 is 2.04 bits per heavy atom. The van der Waals surface area contributed by atoms with Crippen LogP contribution in [0, 0.1) is 20.8 Å². The van der Waals surface area contributed by atoms with Gasteiger partial charge in [-0.2, -0.15) is 5.16 Å². The average molecular weight is 346 g/mol. The number of aromatic amines is 1. The molecule has 1 aromatic heterocycles. The van der Waals surface area contributed by atoms with E-state index in [1.807, 2.05) is 20.8 Å². The molecule has 25 heavy (non-hydrogen) atoms. The minimum atomic E-state index is -1.02. The number of carbonyl (C=O) groups is 1. The number of benzene rings is 1. The van der Waals surface area contributed by atoms with E-state index in [1.165, 1.54) is 6.07 Å². The molecule has 1 unspecified atom stereocenters. The Kier molecular flexibility index (Phi) is 4.10. The molecule has 1 aromatic carbocycles. The lowest BCUT2D eigenvalue weighted by Crippen LogP contribution is -2.50. The van der Waals surface area contributed by atoms with E-state index in [0.717, 1.165) is 22.3 Å². The number of carbonyl (C=O) groups excluding carboxylic acids is 1. The van der Waals surface area contributed by atoms with Gasteiger partial charge < -0.3 is 19.7 Å². The van der Waals surface area contributed by atoms with Crippen LogP contribution in [0.4, 0.5) is 0 Å². The van der Waals surface area contributed by atoms with Crippen molar-refractivity contribution in [1.82, 2.24) is 10.5 Å². The van der Waals surface area contributed by atoms with Crippen molar-refractivity contribution in [3.05, 3.63) is 44.4 Å². The summed E-state index contributed by atoms with van der Waals surface area (Å²) in [6.07, 6.45) is 1.13. The smallest absolute Gasteiger partial charge is 0.280 e. The molecule has 7 nitrogen and oxygen atoms in total. The summed E-state index contributed by atoms with van der Waals surface area (Å²) in [5.74, 6) is 1.04. The number of hydrogen-bond acceptors (Lipinski definition) is 5. The highest BCUT2D eigenvalue weighted by Crippen LogP contribution is 2.43. The van der Waals surface area contributed by atoms with E-state index in [0.29, 0.717) is 24.4 Å². The second kappa shape index (κ2) is 5.98. The van der Waals surface area contributed by atoms with Crippen LogP contribution >= 0.6 is 0 Å². The average Bonchev–Trinajstić information content (AvgIpc) is 3.01. The Hall–Kier alpha value is -2.70. The topological polar surface area (TPSA) is 105 Å². The molecule has 1 aliphatic heterocycles. The van der Waals surface area contributed by atoms with E-state index in [4.69, 9.17) is 9.26 Å². The highest BCUT2D eigenvalue weighted by atomic mass is 16.5. The second-order valence-electron chi connectivity index (χ2n) is 6.73. The third kappa shape index (κ3) is 2.90. The number of fused-ring (bicyclic) bond motifs is 1. The van der Waals surface area contributed by atoms with E-state index in [9.17, 15) is 14.7 Å². The molecule has 3 N–H and O–H groups in total. The number of ether oxygens (including phenoxy) is 1. The van der Waals surface area contributed by atoms with Crippen molar-refractivity contribution in [2.75, 3.05) is 0 Å². The van der Waals surface area contributed by atoms with Crippen LogP contribution in [0.1, 0.15) is 41.4 Å². The molecule has 1 atom stereocenters. The summed E-state index contributed by atoms with van der Waals surface area (Å²) in [6.45, 7) is 7.43. The molecular weight excluding hydrogens is 324 g/mol. The Morgan fingerprint density at radius 3 is 2.68 bits per heavy atom. The zero-order valence-electron chi connectivity index (χ0n) is 14.8. The number of phenols is 1. The van der Waals surface area contributed by atoms with Crippen LogP contribution in [0.5, 0.6) is 11.5 Å². The number of H-pyrrole nitrogens is 1. The lowest BCUT2D eigenvalue weighted by Gasteiger charge is -2.36. The fourth-order valence-electron chi connectivity index (χ4n) is 3.17. The van der Waals surface area contributed by atoms with Gasteiger partial charge in [-0.05, 0) is 50.8 Å². The Bertz CT molecular complexity index is 896. The van der Waals surface area contributed by atoms with Crippen LogP contribution in [0.2, 0.25) is 0 Å². The number of phenolic OH excluding ortho intramolecular Hbond substituents is 1. The van der Waals surface area contributed by atoms with Crippen molar-refractivity contribution in [1.29, 1.82) is 0 Å². The van der Waals surface area contributed by atoms with E-state index in [2.05, 4.69) is 10.5 Å². The third-order valence-corrected chi connectivity index (χ3v) is 5.00. The second-order valence-corrected chi connectivity index (χ2v) is 6.73. The molecule has 0 saturated carbocycles. The van der Waals surface area contributed by atoms with Crippen LogP contribution < -0.4 is 15.6 Å². The van der Waals surface area contributed by atoms with Crippen molar-refractivity contribution in [2.24, 2.45) is 0 Å². The Balaban J connectivity index is 1.82. The molecular formula is C18H22N2O5. The van der Waals surface area contributed by atoms with Gasteiger partial charge in [0.1, 0.15) is 11.5 Å². The van der Waals surface area contributed by atoms with Gasteiger partial charge in [0.25, 0.3) is 11.5 Å². The lowest BCUT2D eigenvalue weighted by molar-refractivity contribution is -0.137. The summed E-state index contributed by atoms with van der Waals surface area (Å²) >= 11 is 0. The molecule has 1 aliphatic rings. The first kappa shape index (κ1) is 17.1. The molecule has 0 fully saturated rings. The Morgan fingerprint density at radius 1 is 1.32 bits per heavy atom. The highest BCUT2D eigenvalue weighted by Gasteiger charge is 2.40. The van der Waals surface area contributed by atoms with Crippen LogP contribution in [0.15, 0.2) is 15.4 Å². The van der Waals surface area contributed by atoms with Crippen molar-refractivity contribution in [2.45, 2.75) is 52.7 Å². The SMILES string of the molecule is Cc1c(C)c2c(c(C)c1O)CCC(C)(C(=O)NCc1cc(=O)[nH]o1)O2. The van der Waals surface area contributed by atoms with Gasteiger partial charge in [-0.3, -0.25) is 9.59 Å². The van der Waals surface area contributed by atoms with E-state index < -0.39 is 5.60 Å². The first-order chi connectivity index (χ1) is 11.7. The maximum Gasteiger partial charge on any atom is 0.280 e. The summed E-state index contributed by atoms with van der Waals surface area (Å²) in [6, 6.07) is 1.29. The van der Waals surface area contributed by atoms with Gasteiger partial charge in [-0.15, -0.1) is 0 Å². The number of rotatable bonds is 3. The van der Waals surface area contributed by atoms with E-state index in [-0.39, 0.29) is 23.8 Å². The molecule has 134 valence electrons. The fourth-order valence-corrected chi connectivity index (χ4v) is 3.17. The van der Waals surface area contributed by atoms with Gasteiger partial charge in [-0.1, -0.05) is 0 Å². The molecule has 0 spiro atoms. The standard InChI is InChI=1S/C18H22N2O5/c1-9-10(2)16-13(11(3)15(9)22)5-6-18(4,24-16)17(23)19-8-12-7-14(21)20-25-12/h7,22H,5-6,8H2,1-4H3,(H,19,23)(H,20,21). The summed E-state index contributed by atoms with van der Waals surface area (Å²) in [5, 5.41) is 15.2. The zero-order chi connectivity index (χ0) is 18.4. The number of nitrogens with one attached hydrogen (secondary N) is 2. The molecule has 2 heterocycles. The minimum absolute atomic E-state index is 0.107. The third-order valence-electron chi connectivity index (χ3n) is 5.00. The lowest BCUT2D eigenvalue weighted by atomic mass is 9.86. The predicted octanol–water partition coefficient (Wildman–Crippen LogP) is 2.00. The van der Waals surface area contributed by atoms with Crippen molar-refractivity contribution in [3.8, 4) is 11.5 Å². The van der Waals surface area contributed by atoms with Crippen LogP contribution in [-0.2, 0) is 17.8 Å². The van der Waals surface area contributed by atoms with Crippen LogP contribution in [0.25, 0.3) is 0 Å². The number of aromatic nitrogens is 1. The fraction of sp³-hybridized carbons (Fsp3) is 0.444. The maximum atomic E-state index is 12.6. The van der Waals surface area contributed by atoms with Gasteiger partial charge in [0.2, 0.25) is 0 Å². The highest BCUT2D eigenvalue weighted by molar-refractivity contribution is 5.85. The summed E-state index contributed by atoms with van der Waals surface area (Å²) < 4.78 is 11.0. The number of aromatic hydroxyl groups is 1. The van der Waals surface area contributed by atoms with Gasteiger partial charge in [0.05, 0.1) is 6.54 Å². The quantitative estimate of drug-likeness (QED) is 0.788. The zero-order valence-corrected chi connectivity index (χ0v) is 14.8. The maximum absolute atomic E-state index is 12.6. The van der Waals surface area contributed by atoms with Crippen molar-refractivity contribution < 1.29 is 19.2 Å². The van der Waals surface area contributed by atoms with Gasteiger partial charge in [-0.25, -0.2) is 0 Å². The van der Waals surface area contributed by atoms with Crippen LogP contribution in [0.3, 0.4) is 0 Å². The molecule has 7 heteroatoms. The summed E-state index contributed by atoms with van der Waals surface area (Å²) in [7, 11) is 0. The molecule has 3 rings (SSSR count).